The minimum Gasteiger partial charge on any atom is -0.262 e. The lowest BCUT2D eigenvalue weighted by molar-refractivity contribution is 0.903. The van der Waals surface area contributed by atoms with Gasteiger partial charge in [0.2, 0.25) is 0 Å². The fraction of sp³-hybridized carbons (Fsp3) is 0.333. The van der Waals surface area contributed by atoms with Crippen molar-refractivity contribution in [2.45, 2.75) is 13.8 Å². The normalized spacial score (nSPS) is 10.9. The smallest absolute Gasteiger partial charge is 0.146 e. The van der Waals surface area contributed by atoms with Crippen LogP contribution < -0.4 is 5.43 Å². The number of nitrogens with zero attached hydrogens (tertiary/aromatic N) is 2. The lowest BCUT2D eigenvalue weighted by Crippen LogP contribution is -1.94. The van der Waals surface area contributed by atoms with Gasteiger partial charge >= 0.3 is 0 Å². The largest absolute Gasteiger partial charge is 0.262 e. The van der Waals surface area contributed by atoms with Gasteiger partial charge < -0.3 is 0 Å². The third kappa shape index (κ3) is 3.14. The van der Waals surface area contributed by atoms with Crippen molar-refractivity contribution in [2.24, 2.45) is 11.0 Å². The van der Waals surface area contributed by atoms with E-state index in [-0.39, 0.29) is 0 Å². The summed E-state index contributed by atoms with van der Waals surface area (Å²) in [4.78, 5) is 4.05. The molecule has 1 heterocycles. The van der Waals surface area contributed by atoms with Gasteiger partial charge in [0.1, 0.15) is 5.82 Å². The van der Waals surface area contributed by atoms with Gasteiger partial charge in [0.15, 0.2) is 0 Å². The maximum absolute atomic E-state index is 4.05. The van der Waals surface area contributed by atoms with Crippen molar-refractivity contribution in [3.05, 3.63) is 24.4 Å². The zero-order chi connectivity index (χ0) is 8.81. The summed E-state index contributed by atoms with van der Waals surface area (Å²) >= 11 is 0. The number of pyridine rings is 1. The first kappa shape index (κ1) is 8.71. The summed E-state index contributed by atoms with van der Waals surface area (Å²) < 4.78 is 0. The predicted molar refractivity (Wildman–Crippen MR) is 51.2 cm³/mol. The van der Waals surface area contributed by atoms with Gasteiger partial charge in [0.25, 0.3) is 0 Å². The molecule has 0 atom stereocenters. The summed E-state index contributed by atoms with van der Waals surface area (Å²) in [6, 6.07) is 5.66. The molecule has 3 heteroatoms. The summed E-state index contributed by atoms with van der Waals surface area (Å²) in [6.45, 7) is 4.15. The van der Waals surface area contributed by atoms with Crippen LogP contribution in [-0.2, 0) is 0 Å². The first-order chi connectivity index (χ1) is 5.79. The maximum atomic E-state index is 4.05. The topological polar surface area (TPSA) is 37.3 Å². The fourth-order valence-electron chi connectivity index (χ4n) is 0.681. The number of hydrogen-bond donors (Lipinski definition) is 1. The third-order valence-electron chi connectivity index (χ3n) is 1.22. The molecule has 0 unspecified atom stereocenters. The Balaban J connectivity index is 2.43. The number of hydrogen-bond acceptors (Lipinski definition) is 3. The SMILES string of the molecule is CC(C)/C=N\Nc1ccccn1. The van der Waals surface area contributed by atoms with Gasteiger partial charge in [-0.2, -0.15) is 5.10 Å². The highest BCUT2D eigenvalue weighted by atomic mass is 15.3. The molecule has 1 N–H and O–H groups in total. The maximum Gasteiger partial charge on any atom is 0.146 e. The second-order valence-electron chi connectivity index (χ2n) is 2.85. The van der Waals surface area contributed by atoms with Crippen molar-refractivity contribution in [1.82, 2.24) is 4.98 Å². The Morgan fingerprint density at radius 3 is 2.92 bits per heavy atom. The molecule has 0 radical (unpaired) electrons. The van der Waals surface area contributed by atoms with E-state index in [9.17, 15) is 0 Å². The molecule has 0 aromatic carbocycles. The molecular weight excluding hydrogens is 150 g/mol. The number of rotatable bonds is 3. The number of hydrazone groups is 1. The van der Waals surface area contributed by atoms with Crippen LogP contribution in [0.2, 0.25) is 0 Å². The van der Waals surface area contributed by atoms with Crippen LogP contribution in [0.1, 0.15) is 13.8 Å². The molecule has 0 saturated heterocycles. The van der Waals surface area contributed by atoms with Crippen LogP contribution in [0, 0.1) is 5.92 Å². The minimum atomic E-state index is 0.459. The average molecular weight is 163 g/mol. The van der Waals surface area contributed by atoms with E-state index in [0.717, 1.165) is 5.82 Å². The van der Waals surface area contributed by atoms with Crippen LogP contribution in [0.25, 0.3) is 0 Å². The third-order valence-corrected chi connectivity index (χ3v) is 1.22. The van der Waals surface area contributed by atoms with Gasteiger partial charge in [0, 0.05) is 12.4 Å². The predicted octanol–water partition coefficient (Wildman–Crippen LogP) is 2.14. The molecule has 1 aromatic rings. The molecule has 0 aliphatic carbocycles. The fourth-order valence-corrected chi connectivity index (χ4v) is 0.681. The molecule has 0 aliphatic rings. The van der Waals surface area contributed by atoms with Gasteiger partial charge in [-0.1, -0.05) is 19.9 Å². The molecular formula is C9H13N3. The molecule has 0 fully saturated rings. The molecule has 0 aliphatic heterocycles. The standard InChI is InChI=1S/C9H13N3/c1-8(2)7-11-12-9-5-3-4-6-10-9/h3-8H,1-2H3,(H,10,12)/b11-7-. The van der Waals surface area contributed by atoms with Gasteiger partial charge in [-0.25, -0.2) is 4.98 Å². The molecule has 1 aromatic heterocycles. The summed E-state index contributed by atoms with van der Waals surface area (Å²) in [5.74, 6) is 1.23. The van der Waals surface area contributed by atoms with E-state index >= 15 is 0 Å². The second-order valence-corrected chi connectivity index (χ2v) is 2.85. The van der Waals surface area contributed by atoms with Crippen molar-refractivity contribution in [1.29, 1.82) is 0 Å². The van der Waals surface area contributed by atoms with E-state index in [1.807, 2.05) is 24.4 Å². The lowest BCUT2D eigenvalue weighted by atomic mass is 10.3. The summed E-state index contributed by atoms with van der Waals surface area (Å²) in [5, 5.41) is 4.00. The molecule has 0 amide bonds. The molecule has 0 saturated carbocycles. The number of aromatic nitrogens is 1. The number of anilines is 1. The van der Waals surface area contributed by atoms with Crippen molar-refractivity contribution in [3.8, 4) is 0 Å². The van der Waals surface area contributed by atoms with E-state index < -0.39 is 0 Å². The van der Waals surface area contributed by atoms with Gasteiger partial charge in [-0.05, 0) is 18.1 Å². The zero-order valence-electron chi connectivity index (χ0n) is 7.36. The first-order valence-electron chi connectivity index (χ1n) is 3.99. The van der Waals surface area contributed by atoms with Gasteiger partial charge in [-0.3, -0.25) is 5.43 Å². The Bertz CT molecular complexity index is 241. The highest BCUT2D eigenvalue weighted by Gasteiger charge is 1.87. The van der Waals surface area contributed by atoms with Gasteiger partial charge in [-0.15, -0.1) is 0 Å². The van der Waals surface area contributed by atoms with Crippen molar-refractivity contribution < 1.29 is 0 Å². The van der Waals surface area contributed by atoms with Crippen LogP contribution >= 0.6 is 0 Å². The van der Waals surface area contributed by atoms with E-state index in [0.29, 0.717) is 5.92 Å². The molecule has 0 bridgehead atoms. The molecule has 64 valence electrons. The average Bonchev–Trinajstić information content (AvgIpc) is 2.05. The minimum absolute atomic E-state index is 0.459. The van der Waals surface area contributed by atoms with E-state index in [2.05, 4.69) is 29.4 Å². The molecule has 3 nitrogen and oxygen atoms in total. The lowest BCUT2D eigenvalue weighted by Gasteiger charge is -1.97. The van der Waals surface area contributed by atoms with Crippen LogP contribution in [0.5, 0.6) is 0 Å². The Kier molecular flexibility index (Phi) is 3.26. The van der Waals surface area contributed by atoms with Crippen LogP contribution in [-0.4, -0.2) is 11.2 Å². The Hall–Kier alpha value is -1.38. The highest BCUT2D eigenvalue weighted by molar-refractivity contribution is 5.60. The summed E-state index contributed by atoms with van der Waals surface area (Å²) in [5.41, 5.74) is 2.83. The van der Waals surface area contributed by atoms with Gasteiger partial charge in [0.05, 0.1) is 0 Å². The second kappa shape index (κ2) is 4.49. The van der Waals surface area contributed by atoms with E-state index in [1.54, 1.807) is 6.20 Å². The first-order valence-corrected chi connectivity index (χ1v) is 3.99. The monoisotopic (exact) mass is 163 g/mol. The Labute approximate surface area is 72.5 Å². The van der Waals surface area contributed by atoms with Crippen molar-refractivity contribution in [3.63, 3.8) is 0 Å². The Morgan fingerprint density at radius 1 is 1.50 bits per heavy atom. The van der Waals surface area contributed by atoms with E-state index in [4.69, 9.17) is 0 Å². The van der Waals surface area contributed by atoms with Crippen LogP contribution in [0.3, 0.4) is 0 Å². The molecule has 0 spiro atoms. The quantitative estimate of drug-likeness (QED) is 0.547. The van der Waals surface area contributed by atoms with Crippen molar-refractivity contribution in [2.75, 3.05) is 5.43 Å². The summed E-state index contributed by atoms with van der Waals surface area (Å²) in [7, 11) is 0. The van der Waals surface area contributed by atoms with Crippen LogP contribution in [0.4, 0.5) is 5.82 Å². The van der Waals surface area contributed by atoms with Crippen molar-refractivity contribution >= 4 is 12.0 Å². The van der Waals surface area contributed by atoms with E-state index in [1.165, 1.54) is 0 Å². The molecule has 1 rings (SSSR count). The Morgan fingerprint density at radius 2 is 2.33 bits per heavy atom. The zero-order valence-corrected chi connectivity index (χ0v) is 7.36. The summed E-state index contributed by atoms with van der Waals surface area (Å²) in [6.07, 6.45) is 3.57. The van der Waals surface area contributed by atoms with Crippen LogP contribution in [0.15, 0.2) is 29.5 Å². The molecule has 12 heavy (non-hydrogen) atoms. The number of nitrogens with one attached hydrogen (secondary N) is 1. The highest BCUT2D eigenvalue weighted by Crippen LogP contribution is 1.98.